The van der Waals surface area contributed by atoms with Crippen LogP contribution in [0.1, 0.15) is 49.4 Å². The number of aromatic nitrogens is 3. The zero-order valence-corrected chi connectivity index (χ0v) is 18.0. The molecule has 0 radical (unpaired) electrons. The van der Waals surface area contributed by atoms with Crippen LogP contribution in [0.2, 0.25) is 0 Å². The van der Waals surface area contributed by atoms with Crippen molar-refractivity contribution >= 4 is 22.4 Å². The minimum absolute atomic E-state index is 0.0184. The number of nitrogens with one attached hydrogen (secondary N) is 1. The fourth-order valence-electron chi connectivity index (χ4n) is 3.92. The van der Waals surface area contributed by atoms with Gasteiger partial charge in [-0.05, 0) is 50.8 Å². The average molecular weight is 403 g/mol. The SMILES string of the molecule is Cc1c(C#N)cccc1[C@@H](C)Nc1nnc(N(C)C)c2cc(=O)n(C3(C)CC3)cc12. The molecule has 7 heteroatoms. The minimum Gasteiger partial charge on any atom is -0.361 e. The normalized spacial score (nSPS) is 15.5. The topological polar surface area (TPSA) is 86.8 Å². The molecule has 0 aliphatic heterocycles. The third kappa shape index (κ3) is 3.28. The molecular weight excluding hydrogens is 376 g/mol. The maximum atomic E-state index is 12.8. The maximum absolute atomic E-state index is 12.8. The van der Waals surface area contributed by atoms with Crippen molar-refractivity contribution in [2.24, 2.45) is 0 Å². The predicted octanol–water partition coefficient (Wildman–Crippen LogP) is 3.72. The molecule has 1 fully saturated rings. The van der Waals surface area contributed by atoms with Gasteiger partial charge in [-0.15, -0.1) is 10.2 Å². The van der Waals surface area contributed by atoms with Crippen LogP contribution in [-0.2, 0) is 5.54 Å². The maximum Gasteiger partial charge on any atom is 0.251 e. The number of benzene rings is 1. The number of hydrogen-bond donors (Lipinski definition) is 1. The molecule has 3 aromatic rings. The summed E-state index contributed by atoms with van der Waals surface area (Å²) in [5, 5.41) is 23.3. The molecule has 1 aliphatic rings. The molecule has 0 spiro atoms. The number of hydrogen-bond acceptors (Lipinski definition) is 6. The highest BCUT2D eigenvalue weighted by atomic mass is 16.1. The van der Waals surface area contributed by atoms with Gasteiger partial charge in [0.1, 0.15) is 0 Å². The minimum atomic E-state index is -0.118. The Balaban J connectivity index is 1.84. The molecule has 1 aliphatic carbocycles. The van der Waals surface area contributed by atoms with Gasteiger partial charge in [0.15, 0.2) is 11.6 Å². The van der Waals surface area contributed by atoms with Gasteiger partial charge in [0.25, 0.3) is 5.56 Å². The highest BCUT2D eigenvalue weighted by Crippen LogP contribution is 2.42. The van der Waals surface area contributed by atoms with Crippen molar-refractivity contribution in [1.29, 1.82) is 5.26 Å². The number of pyridine rings is 1. The molecule has 7 nitrogen and oxygen atoms in total. The molecule has 1 saturated carbocycles. The summed E-state index contributed by atoms with van der Waals surface area (Å²) < 4.78 is 1.83. The quantitative estimate of drug-likeness (QED) is 0.700. The van der Waals surface area contributed by atoms with E-state index in [2.05, 4.69) is 28.5 Å². The first kappa shape index (κ1) is 19.9. The lowest BCUT2D eigenvalue weighted by Gasteiger charge is -2.22. The van der Waals surface area contributed by atoms with E-state index in [-0.39, 0.29) is 17.1 Å². The van der Waals surface area contributed by atoms with Gasteiger partial charge in [0, 0.05) is 42.7 Å². The van der Waals surface area contributed by atoms with Crippen LogP contribution >= 0.6 is 0 Å². The third-order valence-corrected chi connectivity index (χ3v) is 6.09. The Bertz CT molecular complexity index is 1230. The summed E-state index contributed by atoms with van der Waals surface area (Å²) in [5.41, 5.74) is 2.51. The zero-order chi connectivity index (χ0) is 21.6. The van der Waals surface area contributed by atoms with Crippen molar-refractivity contribution < 1.29 is 0 Å². The van der Waals surface area contributed by atoms with Gasteiger partial charge < -0.3 is 14.8 Å². The molecule has 1 N–H and O–H groups in total. The van der Waals surface area contributed by atoms with Crippen LogP contribution in [0.4, 0.5) is 11.6 Å². The molecule has 1 atom stereocenters. The fourth-order valence-corrected chi connectivity index (χ4v) is 3.92. The van der Waals surface area contributed by atoms with Gasteiger partial charge in [-0.1, -0.05) is 12.1 Å². The summed E-state index contributed by atoms with van der Waals surface area (Å²) >= 11 is 0. The Morgan fingerprint density at radius 2 is 2.00 bits per heavy atom. The van der Waals surface area contributed by atoms with E-state index in [1.165, 1.54) is 0 Å². The standard InChI is InChI=1S/C23H26N6O/c1-14-16(12-24)7-6-8-17(14)15(2)25-21-19-13-29(23(3)9-10-23)20(30)11-18(19)22(27-26-21)28(4)5/h6-8,11,13,15H,9-10H2,1-5H3,(H,25,26)/t15-/m1/s1. The first-order valence-electron chi connectivity index (χ1n) is 10.1. The van der Waals surface area contributed by atoms with Gasteiger partial charge in [-0.2, -0.15) is 5.26 Å². The van der Waals surface area contributed by atoms with E-state index in [0.717, 1.165) is 34.7 Å². The molecule has 30 heavy (non-hydrogen) atoms. The third-order valence-electron chi connectivity index (χ3n) is 6.09. The van der Waals surface area contributed by atoms with E-state index in [4.69, 9.17) is 0 Å². The molecule has 2 heterocycles. The molecule has 0 saturated heterocycles. The van der Waals surface area contributed by atoms with Gasteiger partial charge in [0.2, 0.25) is 0 Å². The Morgan fingerprint density at radius 3 is 2.63 bits per heavy atom. The van der Waals surface area contributed by atoms with Crippen LogP contribution in [0, 0.1) is 18.3 Å². The van der Waals surface area contributed by atoms with Crippen LogP contribution < -0.4 is 15.8 Å². The first-order chi connectivity index (χ1) is 14.2. The Labute approximate surface area is 176 Å². The summed E-state index contributed by atoms with van der Waals surface area (Å²) in [5.74, 6) is 1.29. The Morgan fingerprint density at radius 1 is 1.27 bits per heavy atom. The second-order valence-electron chi connectivity index (χ2n) is 8.57. The lowest BCUT2D eigenvalue weighted by Crippen LogP contribution is -2.27. The van der Waals surface area contributed by atoms with E-state index in [0.29, 0.717) is 17.2 Å². The van der Waals surface area contributed by atoms with Crippen LogP contribution in [0.15, 0.2) is 35.3 Å². The predicted molar refractivity (Wildman–Crippen MR) is 119 cm³/mol. The van der Waals surface area contributed by atoms with Gasteiger partial charge in [-0.25, -0.2) is 0 Å². The lowest BCUT2D eigenvalue weighted by atomic mass is 9.98. The summed E-state index contributed by atoms with van der Waals surface area (Å²) in [4.78, 5) is 14.7. The van der Waals surface area contributed by atoms with E-state index in [1.54, 1.807) is 6.07 Å². The average Bonchev–Trinajstić information content (AvgIpc) is 3.45. The van der Waals surface area contributed by atoms with E-state index >= 15 is 0 Å². The number of rotatable bonds is 5. The summed E-state index contributed by atoms with van der Waals surface area (Å²) in [6, 6.07) is 9.55. The lowest BCUT2D eigenvalue weighted by molar-refractivity contribution is 0.516. The van der Waals surface area contributed by atoms with E-state index < -0.39 is 0 Å². The molecule has 154 valence electrons. The number of fused-ring (bicyclic) bond motifs is 1. The second kappa shape index (κ2) is 7.13. The molecule has 0 amide bonds. The number of nitriles is 1. The molecule has 0 unspecified atom stereocenters. The molecular formula is C23H26N6O. The fraction of sp³-hybridized carbons (Fsp3) is 0.391. The first-order valence-corrected chi connectivity index (χ1v) is 10.1. The molecule has 4 rings (SSSR count). The monoisotopic (exact) mass is 402 g/mol. The zero-order valence-electron chi connectivity index (χ0n) is 18.0. The summed E-state index contributed by atoms with van der Waals surface area (Å²) in [6.07, 6.45) is 3.91. The van der Waals surface area contributed by atoms with Crippen molar-refractivity contribution in [3.63, 3.8) is 0 Å². The van der Waals surface area contributed by atoms with Crippen LogP contribution in [0.25, 0.3) is 10.8 Å². The van der Waals surface area contributed by atoms with Crippen LogP contribution in [-0.4, -0.2) is 28.9 Å². The highest BCUT2D eigenvalue weighted by molar-refractivity contribution is 5.98. The van der Waals surface area contributed by atoms with Gasteiger partial charge in [0.05, 0.1) is 17.7 Å². The van der Waals surface area contributed by atoms with Crippen molar-refractivity contribution in [2.45, 2.75) is 45.2 Å². The molecule has 0 bridgehead atoms. The summed E-state index contributed by atoms with van der Waals surface area (Å²) in [6.45, 7) is 6.10. The van der Waals surface area contributed by atoms with E-state index in [9.17, 15) is 10.1 Å². The van der Waals surface area contributed by atoms with Crippen molar-refractivity contribution in [3.05, 3.63) is 57.5 Å². The highest BCUT2D eigenvalue weighted by Gasteiger charge is 2.40. The van der Waals surface area contributed by atoms with E-state index in [1.807, 2.05) is 61.8 Å². The molecule has 2 aromatic heterocycles. The Hall–Kier alpha value is -3.40. The van der Waals surface area contributed by atoms with Crippen molar-refractivity contribution in [1.82, 2.24) is 14.8 Å². The summed E-state index contributed by atoms with van der Waals surface area (Å²) in [7, 11) is 3.79. The largest absolute Gasteiger partial charge is 0.361 e. The van der Waals surface area contributed by atoms with Gasteiger partial charge >= 0.3 is 0 Å². The van der Waals surface area contributed by atoms with Crippen LogP contribution in [0.3, 0.4) is 0 Å². The second-order valence-corrected chi connectivity index (χ2v) is 8.57. The van der Waals surface area contributed by atoms with Crippen molar-refractivity contribution in [3.8, 4) is 6.07 Å². The number of anilines is 2. The van der Waals surface area contributed by atoms with Gasteiger partial charge in [-0.3, -0.25) is 4.79 Å². The number of nitrogens with zero attached hydrogens (tertiary/aromatic N) is 5. The smallest absolute Gasteiger partial charge is 0.251 e. The molecule has 1 aromatic carbocycles. The van der Waals surface area contributed by atoms with Crippen LogP contribution in [0.5, 0.6) is 0 Å². The van der Waals surface area contributed by atoms with Crippen molar-refractivity contribution in [2.75, 3.05) is 24.3 Å². The Kier molecular flexibility index (Phi) is 4.73.